The molecular weight excluding hydrogens is 342 g/mol. The molecule has 3 rings (SSSR count). The molecule has 136 valence electrons. The number of aromatic nitrogens is 1. The largest absolute Gasteiger partial charge is 0.496 e. The number of hydrogen-bond donors (Lipinski definition) is 1. The highest BCUT2D eigenvalue weighted by Crippen LogP contribution is 2.41. The van der Waals surface area contributed by atoms with Gasteiger partial charge in [-0.15, -0.1) is 11.3 Å². The molecule has 0 amide bonds. The number of nitrogens with zero attached hydrogens (tertiary/aromatic N) is 1. The smallest absolute Gasteiger partial charge is 0.332 e. The van der Waals surface area contributed by atoms with Gasteiger partial charge in [0, 0.05) is 11.8 Å². The number of ether oxygens (including phenoxy) is 2. The number of carboxylic acid groups (broad SMARTS) is 1. The molecule has 5 atom stereocenters. The zero-order valence-corrected chi connectivity index (χ0v) is 15.4. The Balaban J connectivity index is 1.78. The van der Waals surface area contributed by atoms with Crippen LogP contribution in [0.3, 0.4) is 0 Å². The van der Waals surface area contributed by atoms with Gasteiger partial charge in [0.2, 0.25) is 0 Å². The van der Waals surface area contributed by atoms with Gasteiger partial charge in [0.05, 0.1) is 34.6 Å². The lowest BCUT2D eigenvalue weighted by atomic mass is 9.72. The van der Waals surface area contributed by atoms with E-state index in [9.17, 15) is 9.59 Å². The number of hydrogen-bond acceptors (Lipinski definition) is 6. The molecule has 2 heterocycles. The number of carboxylic acids is 1. The van der Waals surface area contributed by atoms with Gasteiger partial charge in [0.15, 0.2) is 11.9 Å². The third kappa shape index (κ3) is 3.62. The first-order chi connectivity index (χ1) is 11.9. The van der Waals surface area contributed by atoms with Gasteiger partial charge < -0.3 is 14.6 Å². The second kappa shape index (κ2) is 7.25. The predicted molar refractivity (Wildman–Crippen MR) is 93.2 cm³/mol. The Bertz CT molecular complexity index is 697. The Morgan fingerprint density at radius 1 is 1.52 bits per heavy atom. The number of ketones is 1. The van der Waals surface area contributed by atoms with Crippen LogP contribution in [0.5, 0.6) is 0 Å². The first kappa shape index (κ1) is 18.1. The van der Waals surface area contributed by atoms with E-state index in [1.807, 2.05) is 19.2 Å². The Morgan fingerprint density at radius 3 is 2.88 bits per heavy atom. The first-order valence-corrected chi connectivity index (χ1v) is 9.49. The minimum absolute atomic E-state index is 0.0738. The molecule has 1 N–H and O–H groups in total. The van der Waals surface area contributed by atoms with Gasteiger partial charge in [-0.3, -0.25) is 4.79 Å². The second-order valence-electron chi connectivity index (χ2n) is 6.72. The van der Waals surface area contributed by atoms with Crippen LogP contribution in [-0.4, -0.2) is 40.2 Å². The summed E-state index contributed by atoms with van der Waals surface area (Å²) in [6, 6.07) is 0. The van der Waals surface area contributed by atoms with Crippen molar-refractivity contribution in [2.24, 2.45) is 11.8 Å². The summed E-state index contributed by atoms with van der Waals surface area (Å²) in [7, 11) is 0. The molecule has 0 radical (unpaired) electrons. The average molecular weight is 365 g/mol. The molecule has 0 bridgehead atoms. The fourth-order valence-electron chi connectivity index (χ4n) is 3.65. The molecule has 0 saturated heterocycles. The minimum Gasteiger partial charge on any atom is -0.496 e. The molecule has 1 aromatic rings. The van der Waals surface area contributed by atoms with Crippen molar-refractivity contribution >= 4 is 28.7 Å². The molecule has 1 aromatic heterocycles. The Labute approximate surface area is 150 Å². The lowest BCUT2D eigenvalue weighted by molar-refractivity contribution is -0.162. The Morgan fingerprint density at radius 2 is 2.28 bits per heavy atom. The number of rotatable bonds is 5. The Hall–Kier alpha value is -1.73. The second-order valence-corrected chi connectivity index (χ2v) is 7.79. The van der Waals surface area contributed by atoms with Crippen molar-refractivity contribution in [3.8, 4) is 0 Å². The van der Waals surface area contributed by atoms with Crippen molar-refractivity contribution in [3.05, 3.63) is 22.3 Å². The van der Waals surface area contributed by atoms with E-state index in [1.165, 1.54) is 24.5 Å². The maximum absolute atomic E-state index is 12.9. The number of allylic oxidation sites excluding steroid dienone is 1. The van der Waals surface area contributed by atoms with Crippen LogP contribution >= 0.6 is 11.3 Å². The zero-order valence-electron chi connectivity index (χ0n) is 14.6. The third-order valence-corrected chi connectivity index (χ3v) is 5.88. The van der Waals surface area contributed by atoms with E-state index in [4.69, 9.17) is 14.6 Å². The summed E-state index contributed by atoms with van der Waals surface area (Å²) in [4.78, 5) is 28.4. The fraction of sp³-hybridized carbons (Fsp3) is 0.611. The van der Waals surface area contributed by atoms with Gasteiger partial charge in [-0.05, 0) is 26.2 Å². The molecule has 6 nitrogen and oxygen atoms in total. The monoisotopic (exact) mass is 365 g/mol. The molecule has 1 saturated carbocycles. The molecule has 0 spiro atoms. The summed E-state index contributed by atoms with van der Waals surface area (Å²) in [5, 5.41) is 11.9. The summed E-state index contributed by atoms with van der Waals surface area (Å²) in [6.45, 7) is 5.49. The van der Waals surface area contributed by atoms with E-state index in [0.717, 1.165) is 11.4 Å². The summed E-state index contributed by atoms with van der Waals surface area (Å²) >= 11 is 1.51. The van der Waals surface area contributed by atoms with Crippen LogP contribution in [0.4, 0.5) is 0 Å². The lowest BCUT2D eigenvalue weighted by Gasteiger charge is -2.42. The molecule has 1 fully saturated rings. The van der Waals surface area contributed by atoms with Crippen LogP contribution in [0, 0.1) is 18.8 Å². The van der Waals surface area contributed by atoms with Crippen molar-refractivity contribution in [1.29, 1.82) is 0 Å². The standard InChI is InChI=1S/C18H23NO5S/c1-4-11-5-12-16(6-15(11)24-9(2)18(21)22)23-7-13(17(12)20)14-8-25-10(3)19-14/h7-9,11-12,15-16H,4-6H2,1-3H3,(H,21,22). The highest BCUT2D eigenvalue weighted by Gasteiger charge is 2.45. The molecule has 5 unspecified atom stereocenters. The van der Waals surface area contributed by atoms with Gasteiger partial charge in [-0.1, -0.05) is 13.3 Å². The molecule has 0 aromatic carbocycles. The van der Waals surface area contributed by atoms with Crippen LogP contribution in [-0.2, 0) is 19.1 Å². The quantitative estimate of drug-likeness (QED) is 0.863. The predicted octanol–water partition coefficient (Wildman–Crippen LogP) is 3.05. The number of aliphatic carboxylic acids is 1. The first-order valence-electron chi connectivity index (χ1n) is 8.61. The van der Waals surface area contributed by atoms with E-state index in [0.29, 0.717) is 24.1 Å². The van der Waals surface area contributed by atoms with Crippen molar-refractivity contribution in [1.82, 2.24) is 4.98 Å². The summed E-state index contributed by atoms with van der Waals surface area (Å²) in [6.07, 6.45) is 2.21. The van der Waals surface area contributed by atoms with Crippen LogP contribution in [0.2, 0.25) is 0 Å². The van der Waals surface area contributed by atoms with E-state index in [1.54, 1.807) is 0 Å². The van der Waals surface area contributed by atoms with Gasteiger partial charge in [-0.25, -0.2) is 9.78 Å². The van der Waals surface area contributed by atoms with Gasteiger partial charge in [0.25, 0.3) is 0 Å². The van der Waals surface area contributed by atoms with E-state index < -0.39 is 12.1 Å². The number of thiazole rings is 1. The topological polar surface area (TPSA) is 85.7 Å². The zero-order chi connectivity index (χ0) is 18.1. The SMILES string of the molecule is CCC1CC2C(=O)C(c3csc(C)n3)=COC2CC1OC(C)C(=O)O. The lowest BCUT2D eigenvalue weighted by Crippen LogP contribution is -2.47. The van der Waals surface area contributed by atoms with Gasteiger partial charge >= 0.3 is 5.97 Å². The molecule has 1 aliphatic heterocycles. The van der Waals surface area contributed by atoms with Crippen molar-refractivity contribution < 1.29 is 24.2 Å². The van der Waals surface area contributed by atoms with Crippen LogP contribution in [0.15, 0.2) is 11.6 Å². The molecule has 25 heavy (non-hydrogen) atoms. The average Bonchev–Trinajstić information content (AvgIpc) is 3.00. The van der Waals surface area contributed by atoms with Gasteiger partial charge in [0.1, 0.15) is 6.10 Å². The van der Waals surface area contributed by atoms with Crippen LogP contribution in [0.1, 0.15) is 43.8 Å². The van der Waals surface area contributed by atoms with Gasteiger partial charge in [-0.2, -0.15) is 0 Å². The number of Topliss-reactive ketones (excluding diaryl/α,β-unsaturated/α-hetero) is 1. The number of carbonyl (C=O) groups excluding carboxylic acids is 1. The van der Waals surface area contributed by atoms with Crippen molar-refractivity contribution in [2.45, 2.75) is 58.3 Å². The summed E-state index contributed by atoms with van der Waals surface area (Å²) < 4.78 is 11.6. The van der Waals surface area contributed by atoms with Crippen LogP contribution in [0.25, 0.3) is 5.57 Å². The van der Waals surface area contributed by atoms with E-state index in [-0.39, 0.29) is 29.8 Å². The van der Waals surface area contributed by atoms with Crippen molar-refractivity contribution in [3.63, 3.8) is 0 Å². The van der Waals surface area contributed by atoms with E-state index in [2.05, 4.69) is 4.98 Å². The normalized spacial score (nSPS) is 30.2. The number of carbonyl (C=O) groups is 2. The fourth-order valence-corrected chi connectivity index (χ4v) is 4.26. The number of aryl methyl sites for hydroxylation is 1. The summed E-state index contributed by atoms with van der Waals surface area (Å²) in [5.74, 6) is -0.970. The number of fused-ring (bicyclic) bond motifs is 1. The molecule has 7 heteroatoms. The highest BCUT2D eigenvalue weighted by molar-refractivity contribution is 7.09. The summed E-state index contributed by atoms with van der Waals surface area (Å²) in [5.41, 5.74) is 1.22. The Kier molecular flexibility index (Phi) is 5.24. The highest BCUT2D eigenvalue weighted by atomic mass is 32.1. The maximum atomic E-state index is 12.9. The molecule has 1 aliphatic carbocycles. The van der Waals surface area contributed by atoms with Crippen molar-refractivity contribution in [2.75, 3.05) is 0 Å². The molecular formula is C18H23NO5S. The van der Waals surface area contributed by atoms with Crippen LogP contribution < -0.4 is 0 Å². The molecule has 2 aliphatic rings. The van der Waals surface area contributed by atoms with E-state index >= 15 is 0 Å². The maximum Gasteiger partial charge on any atom is 0.332 e. The third-order valence-electron chi connectivity index (χ3n) is 5.10. The minimum atomic E-state index is -0.973.